The fourth-order valence-electron chi connectivity index (χ4n) is 8.51. The highest BCUT2D eigenvalue weighted by Crippen LogP contribution is 2.58. The molecule has 2 aliphatic heterocycles. The van der Waals surface area contributed by atoms with Crippen LogP contribution in [0.15, 0.2) is 30.4 Å². The van der Waals surface area contributed by atoms with Crippen LogP contribution >= 0.6 is 0 Å². The minimum atomic E-state index is -4.36. The third kappa shape index (κ3) is 9.32. The van der Waals surface area contributed by atoms with Gasteiger partial charge in [-0.15, -0.1) is 0 Å². The second kappa shape index (κ2) is 16.8. The van der Waals surface area contributed by atoms with Crippen molar-refractivity contribution >= 4 is 44.6 Å². The van der Waals surface area contributed by atoms with Crippen molar-refractivity contribution in [1.29, 1.82) is 0 Å². The Hall–Kier alpha value is -4.18. The minimum Gasteiger partial charge on any atom is -0.497 e. The lowest BCUT2D eigenvalue weighted by Crippen LogP contribution is -2.49. The summed E-state index contributed by atoms with van der Waals surface area (Å²) in [5.41, 5.74) is -0.596. The number of benzene rings is 1. The van der Waals surface area contributed by atoms with Crippen LogP contribution in [0.3, 0.4) is 0 Å². The lowest BCUT2D eigenvalue weighted by molar-refractivity contribution is -0.160. The molecule has 2 amide bonds. The predicted molar refractivity (Wildman–Crippen MR) is 212 cm³/mol. The van der Waals surface area contributed by atoms with E-state index < -0.39 is 85.9 Å². The minimum absolute atomic E-state index is 0.0355. The Balaban J connectivity index is 1.37. The Morgan fingerprint density at radius 1 is 1.09 bits per heavy atom. The maximum absolute atomic E-state index is 15.1. The van der Waals surface area contributed by atoms with Gasteiger partial charge in [-0.25, -0.2) is 22.8 Å². The number of nitrogens with one attached hydrogen (secondary N) is 1. The Kier molecular flexibility index (Phi) is 12.6. The van der Waals surface area contributed by atoms with E-state index in [9.17, 15) is 27.2 Å². The molecule has 1 aromatic carbocycles. The van der Waals surface area contributed by atoms with E-state index in [1.807, 2.05) is 12.2 Å². The summed E-state index contributed by atoms with van der Waals surface area (Å²) < 4.78 is 64.1. The zero-order chi connectivity index (χ0) is 42.2. The molecule has 6 rings (SSSR count). The van der Waals surface area contributed by atoms with Crippen molar-refractivity contribution in [1.82, 2.24) is 19.6 Å². The summed E-state index contributed by atoms with van der Waals surface area (Å²) in [7, 11) is -1.27. The second-order valence-corrected chi connectivity index (χ2v) is 19.8. The third-order valence-electron chi connectivity index (χ3n) is 12.1. The van der Waals surface area contributed by atoms with Crippen LogP contribution in [-0.2, 0) is 38.7 Å². The monoisotopic (exact) mass is 828 g/mol. The first-order chi connectivity index (χ1) is 27.3. The van der Waals surface area contributed by atoms with Crippen LogP contribution in [0.25, 0.3) is 11.0 Å². The molecule has 2 aromatic rings. The quantitative estimate of drug-likeness (QED) is 0.232. The molecule has 0 unspecified atom stereocenters. The van der Waals surface area contributed by atoms with Crippen LogP contribution in [0.1, 0.15) is 91.2 Å². The number of aromatic nitrogens is 2. The van der Waals surface area contributed by atoms with E-state index in [2.05, 4.69) is 16.6 Å². The van der Waals surface area contributed by atoms with Gasteiger partial charge in [0.2, 0.25) is 27.7 Å². The van der Waals surface area contributed by atoms with Crippen molar-refractivity contribution in [2.24, 2.45) is 29.1 Å². The largest absolute Gasteiger partial charge is 0.497 e. The van der Waals surface area contributed by atoms with Crippen LogP contribution in [0.2, 0.25) is 0 Å². The van der Waals surface area contributed by atoms with E-state index >= 15 is 4.79 Å². The number of hydrogen-bond donors (Lipinski definition) is 1. The van der Waals surface area contributed by atoms with Crippen molar-refractivity contribution in [2.45, 2.75) is 115 Å². The average Bonchev–Trinajstić information content (AvgIpc) is 4.06. The smallest absolute Gasteiger partial charge is 0.307 e. The number of rotatable bonds is 11. The van der Waals surface area contributed by atoms with Gasteiger partial charge in [0.1, 0.15) is 34.6 Å². The van der Waals surface area contributed by atoms with Crippen molar-refractivity contribution in [3.05, 3.63) is 36.0 Å². The number of methoxy groups -OCH3 is 2. The number of esters is 1. The number of amides is 2. The van der Waals surface area contributed by atoms with Gasteiger partial charge in [0.25, 0.3) is 0 Å². The standard InChI is InChI=1S/C42H57FN4O10S/c1-25-10-8-9-11-28-20-42(28,39(51)46-58(52,53)41(24-43)14-15-41)21-35(48)34-18-30(56-37-26(2)44-32-13-12-29(55-7)17-33(32)45-37)22-47(34)38(50)31(27(16-25)23-54-6)19-36(49)57-40(3,4)5/h9,11-13,17,25,27-28,30-31,34H,8,10,14-16,18-24H2,1-7H3,(H,46,51)/b11-9-/t25-,27+,28-,30-,31+,34+,42-/m1/s1. The van der Waals surface area contributed by atoms with Crippen LogP contribution in [0, 0.1) is 36.0 Å². The van der Waals surface area contributed by atoms with E-state index in [-0.39, 0.29) is 63.5 Å². The van der Waals surface area contributed by atoms with Gasteiger partial charge in [-0.1, -0.05) is 19.1 Å². The third-order valence-corrected chi connectivity index (χ3v) is 14.2. The number of alkyl halides is 1. The van der Waals surface area contributed by atoms with Gasteiger partial charge in [-0.05, 0) is 96.1 Å². The van der Waals surface area contributed by atoms with Crippen molar-refractivity contribution < 1.29 is 50.9 Å². The first kappa shape index (κ1) is 43.4. The molecule has 14 nitrogen and oxygen atoms in total. The van der Waals surface area contributed by atoms with E-state index in [1.165, 1.54) is 4.90 Å². The molecule has 1 saturated heterocycles. The van der Waals surface area contributed by atoms with E-state index in [0.717, 1.165) is 6.42 Å². The average molecular weight is 829 g/mol. The molecule has 318 valence electrons. The lowest BCUT2D eigenvalue weighted by Gasteiger charge is -2.33. The van der Waals surface area contributed by atoms with Gasteiger partial charge >= 0.3 is 5.97 Å². The molecule has 0 spiro atoms. The first-order valence-corrected chi connectivity index (χ1v) is 21.6. The molecular formula is C42H57FN4O10S. The van der Waals surface area contributed by atoms with Crippen LogP contribution in [0.5, 0.6) is 11.6 Å². The molecule has 1 aromatic heterocycles. The second-order valence-electron chi connectivity index (χ2n) is 17.8. The van der Waals surface area contributed by atoms with Gasteiger partial charge in [0.15, 0.2) is 5.78 Å². The summed E-state index contributed by atoms with van der Waals surface area (Å²) in [6.45, 7) is 8.09. The van der Waals surface area contributed by atoms with Gasteiger partial charge in [-0.3, -0.25) is 23.9 Å². The number of hydrogen-bond acceptors (Lipinski definition) is 12. The van der Waals surface area contributed by atoms with E-state index in [1.54, 1.807) is 60.1 Å². The molecule has 4 aliphatic rings. The Bertz CT molecular complexity index is 2050. The molecule has 1 N–H and O–H groups in total. The van der Waals surface area contributed by atoms with E-state index in [4.69, 9.17) is 23.9 Å². The van der Waals surface area contributed by atoms with E-state index in [0.29, 0.717) is 35.3 Å². The van der Waals surface area contributed by atoms with Crippen LogP contribution in [-0.4, -0.2) is 103 Å². The first-order valence-electron chi connectivity index (χ1n) is 20.2. The predicted octanol–water partition coefficient (Wildman–Crippen LogP) is 5.20. The number of carbonyl (C=O) groups is 4. The summed E-state index contributed by atoms with van der Waals surface area (Å²) in [5, 5.41) is 0. The number of aryl methyl sites for hydroxylation is 1. The number of allylic oxidation sites excluding steroid dienone is 2. The zero-order valence-electron chi connectivity index (χ0n) is 34.5. The Morgan fingerprint density at radius 2 is 1.83 bits per heavy atom. The summed E-state index contributed by atoms with van der Waals surface area (Å²) in [6.07, 6.45) is 4.81. The Labute approximate surface area is 340 Å². The molecule has 3 heterocycles. The SMILES string of the molecule is COC[C@@H]1C[C@H](C)CC/C=C\[C@@H]2C[C@@]2(C(=O)NS(=O)(=O)C2(CF)CC2)CC(=O)[C@@H]2C[C@@H](Oc3nc4cc(OC)ccc4nc3C)CN2C(=O)[C@H]1CC(=O)OC(C)(C)C. The highest BCUT2D eigenvalue weighted by Gasteiger charge is 2.63. The van der Waals surface area contributed by atoms with Crippen LogP contribution < -0.4 is 14.2 Å². The lowest BCUT2D eigenvalue weighted by atomic mass is 9.81. The van der Waals surface area contributed by atoms with Crippen molar-refractivity contribution in [3.63, 3.8) is 0 Å². The molecule has 2 saturated carbocycles. The maximum atomic E-state index is 15.1. The summed E-state index contributed by atoms with van der Waals surface area (Å²) in [4.78, 5) is 68.1. The number of halogens is 1. The number of carbonyl (C=O) groups excluding carboxylic acids is 4. The molecule has 7 atom stereocenters. The van der Waals surface area contributed by atoms with Crippen LogP contribution in [0.4, 0.5) is 4.39 Å². The topological polar surface area (TPSA) is 180 Å². The molecule has 3 fully saturated rings. The summed E-state index contributed by atoms with van der Waals surface area (Å²) in [5.74, 6) is -3.21. The molecule has 58 heavy (non-hydrogen) atoms. The normalized spacial score (nSPS) is 29.3. The fourth-order valence-corrected chi connectivity index (χ4v) is 9.96. The molecule has 16 heteroatoms. The highest BCUT2D eigenvalue weighted by molar-refractivity contribution is 7.91. The fraction of sp³-hybridized carbons (Fsp3) is 0.667. The molecule has 0 bridgehead atoms. The van der Waals surface area contributed by atoms with Crippen molar-refractivity contribution in [2.75, 3.05) is 34.0 Å². The van der Waals surface area contributed by atoms with Gasteiger partial charge in [0, 0.05) is 32.6 Å². The zero-order valence-corrected chi connectivity index (χ0v) is 35.4. The van der Waals surface area contributed by atoms with Gasteiger partial charge < -0.3 is 23.8 Å². The number of Topliss-reactive ketones (excluding diaryl/α,β-unsaturated/α-hetero) is 1. The van der Waals surface area contributed by atoms with Gasteiger partial charge in [-0.2, -0.15) is 0 Å². The summed E-state index contributed by atoms with van der Waals surface area (Å²) in [6, 6.07) is 4.19. The molecular weight excluding hydrogens is 772 g/mol. The summed E-state index contributed by atoms with van der Waals surface area (Å²) >= 11 is 0. The number of ketones is 1. The van der Waals surface area contributed by atoms with Gasteiger partial charge in [0.05, 0.1) is 48.5 Å². The van der Waals surface area contributed by atoms with Crippen molar-refractivity contribution in [3.8, 4) is 11.6 Å². The maximum Gasteiger partial charge on any atom is 0.307 e. The number of sulfonamides is 1. The Morgan fingerprint density at radius 3 is 2.48 bits per heavy atom. The molecule has 0 radical (unpaired) electrons. The number of fused-ring (bicyclic) bond motifs is 3. The highest BCUT2D eigenvalue weighted by atomic mass is 32.2. The molecule has 2 aliphatic carbocycles. The number of ether oxygens (including phenoxy) is 4. The number of nitrogens with zero attached hydrogens (tertiary/aromatic N) is 3.